The maximum absolute atomic E-state index is 12.1. The second kappa shape index (κ2) is 4.78. The predicted octanol–water partition coefficient (Wildman–Crippen LogP) is 1.64. The maximum Gasteiger partial charge on any atom is 0.239 e. The number of hydrogen-bond donors (Lipinski definition) is 1. The Morgan fingerprint density at radius 3 is 3.00 bits per heavy atom. The molecule has 0 aromatic carbocycles. The Hall–Kier alpha value is -0.870. The van der Waals surface area contributed by atoms with Crippen molar-refractivity contribution in [1.29, 1.82) is 0 Å². The Bertz CT molecular complexity index is 386. The van der Waals surface area contributed by atoms with Gasteiger partial charge in [0.25, 0.3) is 0 Å². The van der Waals surface area contributed by atoms with Gasteiger partial charge in [-0.2, -0.15) is 11.3 Å². The van der Waals surface area contributed by atoms with Gasteiger partial charge in [0.1, 0.15) is 0 Å². The van der Waals surface area contributed by atoms with Crippen LogP contribution in [0.15, 0.2) is 16.8 Å². The maximum atomic E-state index is 12.1. The van der Waals surface area contributed by atoms with Crippen LogP contribution in [0.2, 0.25) is 0 Å². The summed E-state index contributed by atoms with van der Waals surface area (Å²) in [5.74, 6) is 0.312. The lowest BCUT2D eigenvalue weighted by Crippen LogP contribution is -2.39. The van der Waals surface area contributed by atoms with Crippen LogP contribution in [0.1, 0.15) is 24.8 Å². The Morgan fingerprint density at radius 2 is 2.29 bits per heavy atom. The van der Waals surface area contributed by atoms with E-state index in [2.05, 4.69) is 22.1 Å². The fourth-order valence-corrected chi connectivity index (χ4v) is 3.05. The SMILES string of the molecule is O=C1C(NC2CC2)CCN1CCc1ccsc1. The van der Waals surface area contributed by atoms with Gasteiger partial charge in [-0.05, 0) is 48.1 Å². The van der Waals surface area contributed by atoms with E-state index in [0.717, 1.165) is 25.9 Å². The molecule has 0 bridgehead atoms. The van der Waals surface area contributed by atoms with Crippen molar-refractivity contribution in [3.05, 3.63) is 22.4 Å². The zero-order chi connectivity index (χ0) is 11.7. The normalized spacial score (nSPS) is 24.6. The van der Waals surface area contributed by atoms with Gasteiger partial charge in [-0.25, -0.2) is 0 Å². The van der Waals surface area contributed by atoms with Crippen molar-refractivity contribution in [1.82, 2.24) is 10.2 Å². The highest BCUT2D eigenvalue weighted by molar-refractivity contribution is 7.07. The number of carbonyl (C=O) groups excluding carboxylic acids is 1. The quantitative estimate of drug-likeness (QED) is 0.861. The summed E-state index contributed by atoms with van der Waals surface area (Å²) in [7, 11) is 0. The van der Waals surface area contributed by atoms with Gasteiger partial charge < -0.3 is 10.2 Å². The Balaban J connectivity index is 1.49. The lowest BCUT2D eigenvalue weighted by Gasteiger charge is -2.16. The molecule has 0 spiro atoms. The number of thiophene rings is 1. The number of likely N-dealkylation sites (tertiary alicyclic amines) is 1. The molecule has 2 fully saturated rings. The highest BCUT2D eigenvalue weighted by Crippen LogP contribution is 2.22. The van der Waals surface area contributed by atoms with Gasteiger partial charge in [-0.1, -0.05) is 0 Å². The molecule has 4 heteroatoms. The molecule has 1 N–H and O–H groups in total. The van der Waals surface area contributed by atoms with Crippen LogP contribution < -0.4 is 5.32 Å². The Kier molecular flexibility index (Phi) is 3.16. The van der Waals surface area contributed by atoms with Gasteiger partial charge in [0.15, 0.2) is 0 Å². The summed E-state index contributed by atoms with van der Waals surface area (Å²) in [6.07, 6.45) is 4.47. The number of hydrogen-bond acceptors (Lipinski definition) is 3. The zero-order valence-electron chi connectivity index (χ0n) is 9.89. The average Bonchev–Trinajstić information content (AvgIpc) is 2.86. The van der Waals surface area contributed by atoms with E-state index < -0.39 is 0 Å². The number of nitrogens with zero attached hydrogens (tertiary/aromatic N) is 1. The molecular formula is C13H18N2OS. The molecule has 3 nitrogen and oxygen atoms in total. The molecule has 1 saturated heterocycles. The summed E-state index contributed by atoms with van der Waals surface area (Å²) in [6.45, 7) is 1.80. The van der Waals surface area contributed by atoms with Crippen LogP contribution in [0, 0.1) is 0 Å². The number of amides is 1. The molecule has 17 heavy (non-hydrogen) atoms. The van der Waals surface area contributed by atoms with Crippen molar-refractivity contribution in [2.45, 2.75) is 37.8 Å². The molecule has 1 aromatic rings. The van der Waals surface area contributed by atoms with Crippen LogP contribution in [0.5, 0.6) is 0 Å². The first-order valence-electron chi connectivity index (χ1n) is 6.39. The van der Waals surface area contributed by atoms with Gasteiger partial charge in [0, 0.05) is 19.1 Å². The summed E-state index contributed by atoms with van der Waals surface area (Å²) >= 11 is 1.72. The van der Waals surface area contributed by atoms with Crippen molar-refractivity contribution in [3.63, 3.8) is 0 Å². The minimum atomic E-state index is 0.102. The van der Waals surface area contributed by atoms with Crippen LogP contribution in [-0.4, -0.2) is 36.0 Å². The summed E-state index contributed by atoms with van der Waals surface area (Å²) in [4.78, 5) is 14.1. The van der Waals surface area contributed by atoms with Crippen LogP contribution in [-0.2, 0) is 11.2 Å². The molecule has 1 amide bonds. The van der Waals surface area contributed by atoms with E-state index in [9.17, 15) is 4.79 Å². The molecular weight excluding hydrogens is 232 g/mol. The number of carbonyl (C=O) groups is 1. The van der Waals surface area contributed by atoms with Gasteiger partial charge in [0.05, 0.1) is 6.04 Å². The Labute approximate surface area is 106 Å². The first kappa shape index (κ1) is 11.2. The summed E-state index contributed by atoms with van der Waals surface area (Å²) in [6, 6.07) is 2.87. The standard InChI is InChI=1S/C13H18N2OS/c16-13-12(14-11-1-2-11)4-7-15(13)6-3-10-5-8-17-9-10/h5,8-9,11-12,14H,1-4,6-7H2. The lowest BCUT2D eigenvalue weighted by atomic mass is 10.2. The predicted molar refractivity (Wildman–Crippen MR) is 69.2 cm³/mol. The summed E-state index contributed by atoms with van der Waals surface area (Å²) in [5.41, 5.74) is 1.35. The average molecular weight is 250 g/mol. The van der Waals surface area contributed by atoms with E-state index in [1.54, 1.807) is 11.3 Å². The molecule has 92 valence electrons. The molecule has 3 rings (SSSR count). The van der Waals surface area contributed by atoms with E-state index in [1.807, 2.05) is 4.90 Å². The van der Waals surface area contributed by atoms with Crippen molar-refractivity contribution >= 4 is 17.2 Å². The molecule has 1 aromatic heterocycles. The first-order chi connectivity index (χ1) is 8.33. The van der Waals surface area contributed by atoms with E-state index in [-0.39, 0.29) is 6.04 Å². The van der Waals surface area contributed by atoms with Crippen LogP contribution in [0.4, 0.5) is 0 Å². The third-order valence-electron chi connectivity index (χ3n) is 3.56. The second-order valence-electron chi connectivity index (χ2n) is 4.99. The monoisotopic (exact) mass is 250 g/mol. The lowest BCUT2D eigenvalue weighted by molar-refractivity contribution is -0.129. The molecule has 0 radical (unpaired) electrons. The van der Waals surface area contributed by atoms with Crippen molar-refractivity contribution in [2.75, 3.05) is 13.1 Å². The summed E-state index contributed by atoms with van der Waals surface area (Å²) in [5, 5.41) is 7.70. The Morgan fingerprint density at radius 1 is 1.41 bits per heavy atom. The van der Waals surface area contributed by atoms with Crippen molar-refractivity contribution in [2.24, 2.45) is 0 Å². The molecule has 2 aliphatic rings. The van der Waals surface area contributed by atoms with E-state index in [0.29, 0.717) is 11.9 Å². The van der Waals surface area contributed by atoms with Gasteiger partial charge >= 0.3 is 0 Å². The number of nitrogens with one attached hydrogen (secondary N) is 1. The van der Waals surface area contributed by atoms with Gasteiger partial charge in [-0.15, -0.1) is 0 Å². The molecule has 1 aliphatic heterocycles. The fourth-order valence-electron chi connectivity index (χ4n) is 2.35. The molecule has 1 unspecified atom stereocenters. The highest BCUT2D eigenvalue weighted by Gasteiger charge is 2.35. The third kappa shape index (κ3) is 2.69. The van der Waals surface area contributed by atoms with Crippen molar-refractivity contribution < 1.29 is 4.79 Å². The minimum Gasteiger partial charge on any atom is -0.341 e. The molecule has 1 saturated carbocycles. The minimum absolute atomic E-state index is 0.102. The summed E-state index contributed by atoms with van der Waals surface area (Å²) < 4.78 is 0. The fraction of sp³-hybridized carbons (Fsp3) is 0.615. The van der Waals surface area contributed by atoms with E-state index in [1.165, 1.54) is 18.4 Å². The highest BCUT2D eigenvalue weighted by atomic mass is 32.1. The number of rotatable bonds is 5. The van der Waals surface area contributed by atoms with Crippen LogP contribution >= 0.6 is 11.3 Å². The smallest absolute Gasteiger partial charge is 0.239 e. The largest absolute Gasteiger partial charge is 0.341 e. The van der Waals surface area contributed by atoms with E-state index >= 15 is 0 Å². The van der Waals surface area contributed by atoms with E-state index in [4.69, 9.17) is 0 Å². The second-order valence-corrected chi connectivity index (χ2v) is 5.77. The zero-order valence-corrected chi connectivity index (χ0v) is 10.7. The molecule has 1 aliphatic carbocycles. The molecule has 2 heterocycles. The van der Waals surface area contributed by atoms with Gasteiger partial charge in [-0.3, -0.25) is 4.79 Å². The van der Waals surface area contributed by atoms with Crippen LogP contribution in [0.3, 0.4) is 0 Å². The molecule has 1 atom stereocenters. The third-order valence-corrected chi connectivity index (χ3v) is 4.29. The topological polar surface area (TPSA) is 32.3 Å². The van der Waals surface area contributed by atoms with Crippen molar-refractivity contribution in [3.8, 4) is 0 Å². The van der Waals surface area contributed by atoms with Crippen LogP contribution in [0.25, 0.3) is 0 Å². The first-order valence-corrected chi connectivity index (χ1v) is 7.33. The van der Waals surface area contributed by atoms with Gasteiger partial charge in [0.2, 0.25) is 5.91 Å².